The number of carbonyl (C=O) groups is 1. The Morgan fingerprint density at radius 1 is 0.968 bits per heavy atom. The van der Waals surface area contributed by atoms with Crippen LogP contribution in [0.15, 0.2) is 53.4 Å². The van der Waals surface area contributed by atoms with Crippen molar-refractivity contribution in [3.05, 3.63) is 59.7 Å². The topological polar surface area (TPSA) is 113 Å². The summed E-state index contributed by atoms with van der Waals surface area (Å²) in [6.45, 7) is 2.56. The molecule has 0 unspecified atom stereocenters. The first-order valence-electron chi connectivity index (χ1n) is 10.2. The van der Waals surface area contributed by atoms with Gasteiger partial charge in [-0.2, -0.15) is 4.31 Å². The molecule has 3 rings (SSSR count). The first-order valence-corrected chi connectivity index (χ1v) is 13.3. The Kier molecular flexibility index (Phi) is 7.34. The van der Waals surface area contributed by atoms with Gasteiger partial charge in [-0.25, -0.2) is 16.8 Å². The second-order valence-corrected chi connectivity index (χ2v) is 11.3. The van der Waals surface area contributed by atoms with Gasteiger partial charge in [-0.3, -0.25) is 9.52 Å². The van der Waals surface area contributed by atoms with Crippen LogP contribution in [0.4, 0.5) is 5.69 Å². The minimum atomic E-state index is -3.63. The van der Waals surface area contributed by atoms with E-state index < -0.39 is 26.0 Å². The zero-order chi connectivity index (χ0) is 22.5. The summed E-state index contributed by atoms with van der Waals surface area (Å²) < 4.78 is 53.6. The van der Waals surface area contributed by atoms with Crippen molar-refractivity contribution in [1.29, 1.82) is 0 Å². The average Bonchev–Trinajstić information content (AvgIpc) is 2.78. The summed E-state index contributed by atoms with van der Waals surface area (Å²) >= 11 is 0. The van der Waals surface area contributed by atoms with E-state index in [-0.39, 0.29) is 22.8 Å². The Morgan fingerprint density at radius 2 is 1.68 bits per heavy atom. The predicted octanol–water partition coefficient (Wildman–Crippen LogP) is 2.55. The zero-order valence-corrected chi connectivity index (χ0v) is 19.0. The normalized spacial score (nSPS) is 15.4. The van der Waals surface area contributed by atoms with Crippen molar-refractivity contribution < 1.29 is 21.6 Å². The van der Waals surface area contributed by atoms with Gasteiger partial charge < -0.3 is 5.32 Å². The van der Waals surface area contributed by atoms with Crippen LogP contribution in [0, 0.1) is 0 Å². The third kappa shape index (κ3) is 5.84. The molecule has 0 atom stereocenters. The van der Waals surface area contributed by atoms with Gasteiger partial charge in [0.1, 0.15) is 0 Å². The van der Waals surface area contributed by atoms with Crippen molar-refractivity contribution in [2.24, 2.45) is 0 Å². The number of sulfonamides is 2. The van der Waals surface area contributed by atoms with Gasteiger partial charge in [0.15, 0.2) is 0 Å². The van der Waals surface area contributed by atoms with E-state index in [1.165, 1.54) is 17.3 Å². The summed E-state index contributed by atoms with van der Waals surface area (Å²) in [5.41, 5.74) is 1.07. The lowest BCUT2D eigenvalue weighted by molar-refractivity contribution is 0.0950. The number of piperidine rings is 1. The van der Waals surface area contributed by atoms with Gasteiger partial charge in [0.25, 0.3) is 5.91 Å². The Hall–Kier alpha value is -2.43. The maximum Gasteiger partial charge on any atom is 0.251 e. The van der Waals surface area contributed by atoms with E-state index in [1.807, 2.05) is 0 Å². The summed E-state index contributed by atoms with van der Waals surface area (Å²) in [6, 6.07) is 12.8. The average molecular weight is 466 g/mol. The molecular formula is C21H27N3O5S2. The molecule has 0 aromatic heterocycles. The van der Waals surface area contributed by atoms with Crippen molar-refractivity contribution in [3.8, 4) is 0 Å². The van der Waals surface area contributed by atoms with Gasteiger partial charge in [-0.05, 0) is 49.6 Å². The number of benzene rings is 2. The molecule has 1 amide bonds. The van der Waals surface area contributed by atoms with Crippen molar-refractivity contribution >= 4 is 31.6 Å². The van der Waals surface area contributed by atoms with E-state index in [0.717, 1.165) is 19.3 Å². The first-order chi connectivity index (χ1) is 14.7. The molecule has 1 aliphatic rings. The maximum atomic E-state index is 13.1. The molecule has 2 aromatic carbocycles. The number of amides is 1. The highest BCUT2D eigenvalue weighted by atomic mass is 32.2. The van der Waals surface area contributed by atoms with Crippen molar-refractivity contribution in [3.63, 3.8) is 0 Å². The van der Waals surface area contributed by atoms with Crippen LogP contribution in [0.5, 0.6) is 0 Å². The summed E-state index contributed by atoms with van der Waals surface area (Å²) in [5.74, 6) is -0.506. The lowest BCUT2D eigenvalue weighted by atomic mass is 10.1. The first kappa shape index (κ1) is 23.2. The third-order valence-corrected chi connectivity index (χ3v) is 8.43. The molecule has 0 saturated carbocycles. The molecule has 1 saturated heterocycles. The van der Waals surface area contributed by atoms with Gasteiger partial charge in [0, 0.05) is 30.9 Å². The molecule has 8 nitrogen and oxygen atoms in total. The SMILES string of the molecule is CCS(=O)(=O)Nc1cccc(C(=O)NCc2ccccc2S(=O)(=O)N2CCCCC2)c1. The van der Waals surface area contributed by atoms with E-state index in [0.29, 0.717) is 24.3 Å². The summed E-state index contributed by atoms with van der Waals surface area (Å²) in [4.78, 5) is 12.8. The molecule has 0 aliphatic carbocycles. The zero-order valence-electron chi connectivity index (χ0n) is 17.4. The van der Waals surface area contributed by atoms with Crippen LogP contribution in [0.25, 0.3) is 0 Å². The van der Waals surface area contributed by atoms with E-state index in [2.05, 4.69) is 10.0 Å². The molecule has 168 valence electrons. The van der Waals surface area contributed by atoms with E-state index in [9.17, 15) is 21.6 Å². The monoisotopic (exact) mass is 465 g/mol. The number of anilines is 1. The number of rotatable bonds is 8. The van der Waals surface area contributed by atoms with Crippen LogP contribution in [0.2, 0.25) is 0 Å². The standard InChI is InChI=1S/C21H27N3O5S2/c1-2-30(26,27)23-19-11-8-10-17(15-19)21(25)22-16-18-9-4-5-12-20(18)31(28,29)24-13-6-3-7-14-24/h4-5,8-12,15,23H,2-3,6-7,13-14,16H2,1H3,(H,22,25). The van der Waals surface area contributed by atoms with E-state index in [4.69, 9.17) is 0 Å². The predicted molar refractivity (Wildman–Crippen MR) is 120 cm³/mol. The Bertz CT molecular complexity index is 1140. The number of nitrogens with one attached hydrogen (secondary N) is 2. The van der Waals surface area contributed by atoms with Crippen LogP contribution in [-0.2, 0) is 26.6 Å². The number of hydrogen-bond donors (Lipinski definition) is 2. The van der Waals surface area contributed by atoms with Gasteiger partial charge in [0.2, 0.25) is 20.0 Å². The van der Waals surface area contributed by atoms with E-state index in [1.54, 1.807) is 42.5 Å². The lowest BCUT2D eigenvalue weighted by Crippen LogP contribution is -2.36. The lowest BCUT2D eigenvalue weighted by Gasteiger charge is -2.26. The molecule has 0 spiro atoms. The molecule has 2 aromatic rings. The van der Waals surface area contributed by atoms with Crippen LogP contribution < -0.4 is 10.0 Å². The fourth-order valence-electron chi connectivity index (χ4n) is 3.40. The Balaban J connectivity index is 1.74. The van der Waals surface area contributed by atoms with Crippen LogP contribution in [0.3, 0.4) is 0 Å². The highest BCUT2D eigenvalue weighted by molar-refractivity contribution is 7.92. The molecule has 1 aliphatic heterocycles. The number of carbonyl (C=O) groups excluding carboxylic acids is 1. The third-order valence-electron chi connectivity index (χ3n) is 5.12. The van der Waals surface area contributed by atoms with Gasteiger partial charge in [-0.1, -0.05) is 30.7 Å². The molecule has 2 N–H and O–H groups in total. The second kappa shape index (κ2) is 9.80. The molecule has 10 heteroatoms. The second-order valence-electron chi connectivity index (χ2n) is 7.34. The molecular weight excluding hydrogens is 438 g/mol. The summed E-state index contributed by atoms with van der Waals surface area (Å²) in [7, 11) is -7.09. The van der Waals surface area contributed by atoms with Crippen molar-refractivity contribution in [2.75, 3.05) is 23.6 Å². The highest BCUT2D eigenvalue weighted by Gasteiger charge is 2.28. The number of hydrogen-bond acceptors (Lipinski definition) is 5. The van der Waals surface area contributed by atoms with Crippen molar-refractivity contribution in [1.82, 2.24) is 9.62 Å². The van der Waals surface area contributed by atoms with Crippen LogP contribution in [0.1, 0.15) is 42.1 Å². The smallest absolute Gasteiger partial charge is 0.251 e. The molecule has 31 heavy (non-hydrogen) atoms. The van der Waals surface area contributed by atoms with Gasteiger partial charge in [0.05, 0.1) is 10.6 Å². The van der Waals surface area contributed by atoms with E-state index >= 15 is 0 Å². The van der Waals surface area contributed by atoms with Crippen LogP contribution >= 0.6 is 0 Å². The molecule has 1 heterocycles. The number of nitrogens with zero attached hydrogens (tertiary/aromatic N) is 1. The van der Waals surface area contributed by atoms with Crippen LogP contribution in [-0.4, -0.2) is 45.9 Å². The van der Waals surface area contributed by atoms with Crippen molar-refractivity contribution in [2.45, 2.75) is 37.6 Å². The maximum absolute atomic E-state index is 13.1. The fourth-order valence-corrected chi connectivity index (χ4v) is 5.77. The largest absolute Gasteiger partial charge is 0.348 e. The molecule has 0 bridgehead atoms. The van der Waals surface area contributed by atoms with Gasteiger partial charge >= 0.3 is 0 Å². The van der Waals surface area contributed by atoms with Gasteiger partial charge in [-0.15, -0.1) is 0 Å². The quantitative estimate of drug-likeness (QED) is 0.622. The Morgan fingerprint density at radius 3 is 2.39 bits per heavy atom. The fraction of sp³-hybridized carbons (Fsp3) is 0.381. The molecule has 0 radical (unpaired) electrons. The molecule has 1 fully saturated rings. The Labute approximate surface area is 183 Å². The minimum absolute atomic E-state index is 0.0347. The highest BCUT2D eigenvalue weighted by Crippen LogP contribution is 2.23. The minimum Gasteiger partial charge on any atom is -0.348 e. The summed E-state index contributed by atoms with van der Waals surface area (Å²) in [6.07, 6.45) is 2.71. The summed E-state index contributed by atoms with van der Waals surface area (Å²) in [5, 5.41) is 2.74.